The second-order valence-electron chi connectivity index (χ2n) is 3.62. The third-order valence-electron chi connectivity index (χ3n) is 2.61. The highest BCUT2D eigenvalue weighted by atomic mass is 79.9. The summed E-state index contributed by atoms with van der Waals surface area (Å²) in [4.78, 5) is 2.06. The molecule has 0 aromatic heterocycles. The molecule has 0 atom stereocenters. The number of rotatable bonds is 2. The van der Waals surface area contributed by atoms with Crippen molar-refractivity contribution < 1.29 is 0 Å². The van der Waals surface area contributed by atoms with E-state index in [1.807, 2.05) is 6.07 Å². The number of nitrogens with one attached hydrogen (secondary N) is 2. The SMILES string of the molecule is Br.Cc1ccccc1CN1CCNC1=N. The van der Waals surface area contributed by atoms with E-state index in [1.165, 1.54) is 11.1 Å². The van der Waals surface area contributed by atoms with Gasteiger partial charge in [-0.1, -0.05) is 24.3 Å². The van der Waals surface area contributed by atoms with Gasteiger partial charge in [0.2, 0.25) is 0 Å². The van der Waals surface area contributed by atoms with E-state index in [1.54, 1.807) is 0 Å². The maximum atomic E-state index is 7.64. The van der Waals surface area contributed by atoms with Crippen LogP contribution in [0.2, 0.25) is 0 Å². The zero-order valence-electron chi connectivity index (χ0n) is 8.79. The van der Waals surface area contributed by atoms with Crippen molar-refractivity contribution in [3.63, 3.8) is 0 Å². The molecule has 2 rings (SSSR count). The third-order valence-corrected chi connectivity index (χ3v) is 2.61. The van der Waals surface area contributed by atoms with Gasteiger partial charge in [0.25, 0.3) is 0 Å². The maximum Gasteiger partial charge on any atom is 0.191 e. The molecule has 15 heavy (non-hydrogen) atoms. The smallest absolute Gasteiger partial charge is 0.191 e. The monoisotopic (exact) mass is 269 g/mol. The Balaban J connectivity index is 0.00000112. The largest absolute Gasteiger partial charge is 0.355 e. The van der Waals surface area contributed by atoms with Crippen molar-refractivity contribution in [1.29, 1.82) is 5.41 Å². The lowest BCUT2D eigenvalue weighted by molar-refractivity contribution is 0.453. The van der Waals surface area contributed by atoms with Crippen molar-refractivity contribution in [2.45, 2.75) is 13.5 Å². The fraction of sp³-hybridized carbons (Fsp3) is 0.364. The van der Waals surface area contributed by atoms with Gasteiger partial charge in [0.15, 0.2) is 5.96 Å². The Morgan fingerprint density at radius 3 is 2.73 bits per heavy atom. The normalized spacial score (nSPS) is 14.7. The summed E-state index contributed by atoms with van der Waals surface area (Å²) in [5, 5.41) is 10.7. The Hall–Kier alpha value is -1.03. The van der Waals surface area contributed by atoms with Gasteiger partial charge in [-0.25, -0.2) is 0 Å². The molecule has 1 saturated heterocycles. The molecule has 0 spiro atoms. The molecule has 3 nitrogen and oxygen atoms in total. The van der Waals surface area contributed by atoms with Crippen LogP contribution in [-0.4, -0.2) is 23.9 Å². The van der Waals surface area contributed by atoms with E-state index in [-0.39, 0.29) is 17.0 Å². The second-order valence-corrected chi connectivity index (χ2v) is 3.62. The Morgan fingerprint density at radius 1 is 1.40 bits per heavy atom. The van der Waals surface area contributed by atoms with Gasteiger partial charge in [0.05, 0.1) is 0 Å². The van der Waals surface area contributed by atoms with Crippen LogP contribution < -0.4 is 5.32 Å². The van der Waals surface area contributed by atoms with Crippen LogP contribution in [0.1, 0.15) is 11.1 Å². The number of hydrogen-bond donors (Lipinski definition) is 2. The summed E-state index contributed by atoms with van der Waals surface area (Å²) in [5.74, 6) is 0.549. The minimum atomic E-state index is 0. The zero-order chi connectivity index (χ0) is 9.97. The second kappa shape index (κ2) is 5.16. The van der Waals surface area contributed by atoms with Gasteiger partial charge in [-0.15, -0.1) is 17.0 Å². The van der Waals surface area contributed by atoms with E-state index < -0.39 is 0 Å². The predicted molar refractivity (Wildman–Crippen MR) is 67.6 cm³/mol. The molecule has 1 aliphatic heterocycles. The molecule has 4 heteroatoms. The van der Waals surface area contributed by atoms with Gasteiger partial charge in [-0.3, -0.25) is 5.41 Å². The van der Waals surface area contributed by atoms with Crippen LogP contribution in [0.25, 0.3) is 0 Å². The van der Waals surface area contributed by atoms with E-state index in [2.05, 4.69) is 35.3 Å². The molecule has 1 aromatic carbocycles. The van der Waals surface area contributed by atoms with Gasteiger partial charge in [-0.2, -0.15) is 0 Å². The lowest BCUT2D eigenvalue weighted by atomic mass is 10.1. The lowest BCUT2D eigenvalue weighted by Crippen LogP contribution is -2.28. The van der Waals surface area contributed by atoms with Crippen molar-refractivity contribution >= 4 is 22.9 Å². The van der Waals surface area contributed by atoms with Crippen LogP contribution in [0.4, 0.5) is 0 Å². The lowest BCUT2D eigenvalue weighted by Gasteiger charge is -2.17. The summed E-state index contributed by atoms with van der Waals surface area (Å²) in [6, 6.07) is 8.34. The molecule has 1 aliphatic rings. The Kier molecular flexibility index (Phi) is 4.15. The molecule has 0 saturated carbocycles. The first-order valence-electron chi connectivity index (χ1n) is 4.89. The molecular weight excluding hydrogens is 254 g/mol. The molecule has 1 aromatic rings. The van der Waals surface area contributed by atoms with Crippen molar-refractivity contribution in [2.75, 3.05) is 13.1 Å². The van der Waals surface area contributed by atoms with Crippen molar-refractivity contribution in [2.24, 2.45) is 0 Å². The topological polar surface area (TPSA) is 39.1 Å². The van der Waals surface area contributed by atoms with Crippen molar-refractivity contribution in [1.82, 2.24) is 10.2 Å². The third kappa shape index (κ3) is 2.72. The fourth-order valence-corrected chi connectivity index (χ4v) is 1.68. The molecule has 0 aliphatic carbocycles. The molecule has 0 amide bonds. The number of nitrogens with zero attached hydrogens (tertiary/aromatic N) is 1. The fourth-order valence-electron chi connectivity index (χ4n) is 1.68. The minimum absolute atomic E-state index is 0. The zero-order valence-corrected chi connectivity index (χ0v) is 10.5. The first-order valence-corrected chi connectivity index (χ1v) is 4.89. The Labute approximate surface area is 101 Å². The van der Waals surface area contributed by atoms with Gasteiger partial charge in [0, 0.05) is 19.6 Å². The molecule has 1 heterocycles. The van der Waals surface area contributed by atoms with E-state index in [9.17, 15) is 0 Å². The summed E-state index contributed by atoms with van der Waals surface area (Å²) < 4.78 is 0. The summed E-state index contributed by atoms with van der Waals surface area (Å²) in [5.41, 5.74) is 2.60. The standard InChI is InChI=1S/C11H15N3.BrH/c1-9-4-2-3-5-10(9)8-14-7-6-13-11(14)12;/h2-5H,6-8H2,1H3,(H2,12,13);1H. The van der Waals surface area contributed by atoms with E-state index >= 15 is 0 Å². The highest BCUT2D eigenvalue weighted by Crippen LogP contribution is 2.11. The van der Waals surface area contributed by atoms with Crippen LogP contribution in [0, 0.1) is 12.3 Å². The quantitative estimate of drug-likeness (QED) is 0.861. The minimum Gasteiger partial charge on any atom is -0.355 e. The summed E-state index contributed by atoms with van der Waals surface area (Å²) >= 11 is 0. The highest BCUT2D eigenvalue weighted by Gasteiger charge is 2.16. The van der Waals surface area contributed by atoms with E-state index in [0.29, 0.717) is 5.96 Å². The van der Waals surface area contributed by atoms with Crippen molar-refractivity contribution in [3.8, 4) is 0 Å². The maximum absolute atomic E-state index is 7.64. The summed E-state index contributed by atoms with van der Waals surface area (Å²) in [6.07, 6.45) is 0. The van der Waals surface area contributed by atoms with Gasteiger partial charge < -0.3 is 10.2 Å². The average Bonchev–Trinajstić information content (AvgIpc) is 2.56. The molecular formula is C11H16BrN3. The number of hydrogen-bond acceptors (Lipinski definition) is 1. The molecule has 0 radical (unpaired) electrons. The summed E-state index contributed by atoms with van der Waals surface area (Å²) in [7, 11) is 0. The number of guanidine groups is 1. The van der Waals surface area contributed by atoms with Crippen LogP contribution in [0.5, 0.6) is 0 Å². The molecule has 2 N–H and O–H groups in total. The number of aryl methyl sites for hydroxylation is 1. The molecule has 0 bridgehead atoms. The molecule has 1 fully saturated rings. The Bertz CT molecular complexity index is 351. The van der Waals surface area contributed by atoms with Gasteiger partial charge in [-0.05, 0) is 18.1 Å². The van der Waals surface area contributed by atoms with Gasteiger partial charge in [0.1, 0.15) is 0 Å². The number of halogens is 1. The molecule has 0 unspecified atom stereocenters. The van der Waals surface area contributed by atoms with Gasteiger partial charge >= 0.3 is 0 Å². The number of benzene rings is 1. The van der Waals surface area contributed by atoms with Crippen LogP contribution in [-0.2, 0) is 6.54 Å². The first kappa shape index (κ1) is 12.0. The van der Waals surface area contributed by atoms with E-state index in [4.69, 9.17) is 5.41 Å². The summed E-state index contributed by atoms with van der Waals surface area (Å²) in [6.45, 7) is 4.79. The highest BCUT2D eigenvalue weighted by molar-refractivity contribution is 8.93. The van der Waals surface area contributed by atoms with Crippen LogP contribution >= 0.6 is 17.0 Å². The first-order chi connectivity index (χ1) is 6.77. The predicted octanol–water partition coefficient (Wildman–Crippen LogP) is 1.91. The van der Waals surface area contributed by atoms with Crippen LogP contribution in [0.15, 0.2) is 24.3 Å². The average molecular weight is 270 g/mol. The molecule has 82 valence electrons. The Morgan fingerprint density at radius 2 is 2.13 bits per heavy atom. The van der Waals surface area contributed by atoms with E-state index in [0.717, 1.165) is 19.6 Å². The van der Waals surface area contributed by atoms with Crippen molar-refractivity contribution in [3.05, 3.63) is 35.4 Å². The van der Waals surface area contributed by atoms with Crippen LogP contribution in [0.3, 0.4) is 0 Å².